The standard InChI is InChI=1S/C28H35N3O6/c1-19(2)17-29-25(32)24-18-37-28(31(24)27(34)21-7-11-23(36-4)12-8-21)13-15-30(16-14-28)26(33)20-5-9-22(35-3)10-6-20/h5-12,19,24H,13-18H2,1-4H3,(H,29,32)/t24-/m0/s1. The van der Waals surface area contributed by atoms with Gasteiger partial charge in [-0.05, 0) is 54.4 Å². The van der Waals surface area contributed by atoms with Crippen LogP contribution in [0.5, 0.6) is 11.5 Å². The van der Waals surface area contributed by atoms with Gasteiger partial charge in [-0.2, -0.15) is 0 Å². The summed E-state index contributed by atoms with van der Waals surface area (Å²) in [5, 5.41) is 2.95. The first kappa shape index (κ1) is 26.5. The Labute approximate surface area is 217 Å². The Hall–Kier alpha value is -3.59. The van der Waals surface area contributed by atoms with Crippen LogP contribution in [0.3, 0.4) is 0 Å². The smallest absolute Gasteiger partial charge is 0.256 e. The van der Waals surface area contributed by atoms with E-state index in [1.165, 1.54) is 0 Å². The molecule has 2 aliphatic heterocycles. The molecule has 3 amide bonds. The third-order valence-electron chi connectivity index (χ3n) is 6.97. The van der Waals surface area contributed by atoms with Gasteiger partial charge in [0.1, 0.15) is 23.3 Å². The number of amides is 3. The van der Waals surface area contributed by atoms with Crippen molar-refractivity contribution in [3.63, 3.8) is 0 Å². The molecule has 0 radical (unpaired) electrons. The highest BCUT2D eigenvalue weighted by Crippen LogP contribution is 2.39. The van der Waals surface area contributed by atoms with E-state index in [2.05, 4.69) is 5.32 Å². The molecule has 4 rings (SSSR count). The van der Waals surface area contributed by atoms with Crippen LogP contribution < -0.4 is 14.8 Å². The van der Waals surface area contributed by atoms with Crippen LogP contribution in [0.4, 0.5) is 0 Å². The van der Waals surface area contributed by atoms with E-state index in [4.69, 9.17) is 14.2 Å². The number of carbonyl (C=O) groups excluding carboxylic acids is 3. The van der Waals surface area contributed by atoms with Crippen molar-refractivity contribution in [3.8, 4) is 11.5 Å². The lowest BCUT2D eigenvalue weighted by Crippen LogP contribution is -2.60. The van der Waals surface area contributed by atoms with E-state index >= 15 is 0 Å². The Bertz CT molecular complexity index is 1110. The van der Waals surface area contributed by atoms with Crippen LogP contribution in [0.2, 0.25) is 0 Å². The zero-order chi connectivity index (χ0) is 26.6. The Balaban J connectivity index is 1.54. The first-order chi connectivity index (χ1) is 17.8. The summed E-state index contributed by atoms with van der Waals surface area (Å²) in [6.45, 7) is 5.45. The Morgan fingerprint density at radius 1 is 0.919 bits per heavy atom. The molecule has 0 unspecified atom stereocenters. The molecule has 1 spiro atoms. The number of ether oxygens (including phenoxy) is 3. The van der Waals surface area contributed by atoms with E-state index < -0.39 is 11.8 Å². The van der Waals surface area contributed by atoms with Crippen molar-refractivity contribution in [1.29, 1.82) is 0 Å². The quantitative estimate of drug-likeness (QED) is 0.617. The molecule has 2 heterocycles. The Morgan fingerprint density at radius 3 is 1.92 bits per heavy atom. The van der Waals surface area contributed by atoms with Gasteiger partial charge in [0.2, 0.25) is 5.91 Å². The molecule has 0 bridgehead atoms. The number of rotatable bonds is 7. The maximum absolute atomic E-state index is 13.8. The normalized spacial score (nSPS) is 18.7. The van der Waals surface area contributed by atoms with E-state index in [9.17, 15) is 14.4 Å². The molecule has 1 atom stereocenters. The first-order valence-electron chi connectivity index (χ1n) is 12.6. The number of hydrogen-bond donors (Lipinski definition) is 1. The van der Waals surface area contributed by atoms with Gasteiger partial charge in [-0.3, -0.25) is 19.3 Å². The van der Waals surface area contributed by atoms with Gasteiger partial charge in [0.25, 0.3) is 11.8 Å². The van der Waals surface area contributed by atoms with Crippen molar-refractivity contribution < 1.29 is 28.6 Å². The minimum Gasteiger partial charge on any atom is -0.497 e. The second-order valence-electron chi connectivity index (χ2n) is 9.84. The molecule has 37 heavy (non-hydrogen) atoms. The van der Waals surface area contributed by atoms with Gasteiger partial charge in [-0.1, -0.05) is 13.8 Å². The SMILES string of the molecule is COc1ccc(C(=O)N2CCC3(CC2)OC[C@@H](C(=O)NCC(C)C)N3C(=O)c2ccc(OC)cc2)cc1. The summed E-state index contributed by atoms with van der Waals surface area (Å²) in [6.07, 6.45) is 0.815. The van der Waals surface area contributed by atoms with E-state index in [1.54, 1.807) is 72.6 Å². The molecule has 1 N–H and O–H groups in total. The van der Waals surface area contributed by atoms with Gasteiger partial charge in [0, 0.05) is 43.6 Å². The molecule has 198 valence electrons. The second kappa shape index (κ2) is 11.2. The average Bonchev–Trinajstić information content (AvgIpc) is 3.29. The van der Waals surface area contributed by atoms with Crippen LogP contribution >= 0.6 is 0 Å². The molecule has 2 fully saturated rings. The molecule has 9 heteroatoms. The number of hydrogen-bond acceptors (Lipinski definition) is 6. The molecule has 2 saturated heterocycles. The van der Waals surface area contributed by atoms with Gasteiger partial charge >= 0.3 is 0 Å². The third kappa shape index (κ3) is 5.56. The lowest BCUT2D eigenvalue weighted by Gasteiger charge is -2.44. The van der Waals surface area contributed by atoms with E-state index in [0.29, 0.717) is 55.1 Å². The number of methoxy groups -OCH3 is 2. The maximum atomic E-state index is 13.8. The third-order valence-corrected chi connectivity index (χ3v) is 6.97. The summed E-state index contributed by atoms with van der Waals surface area (Å²) in [7, 11) is 3.15. The average molecular weight is 510 g/mol. The lowest BCUT2D eigenvalue weighted by atomic mass is 9.96. The summed E-state index contributed by atoms with van der Waals surface area (Å²) in [6, 6.07) is 13.1. The topological polar surface area (TPSA) is 97.4 Å². The van der Waals surface area contributed by atoms with Crippen molar-refractivity contribution in [2.24, 2.45) is 5.92 Å². The van der Waals surface area contributed by atoms with Gasteiger partial charge < -0.3 is 24.4 Å². The van der Waals surface area contributed by atoms with Crippen LogP contribution in [-0.4, -0.2) is 79.7 Å². The Morgan fingerprint density at radius 2 is 1.43 bits per heavy atom. The van der Waals surface area contributed by atoms with E-state index in [0.717, 1.165) is 0 Å². The summed E-state index contributed by atoms with van der Waals surface area (Å²) in [5.74, 6) is 1.00. The minimum absolute atomic E-state index is 0.0882. The predicted molar refractivity (Wildman–Crippen MR) is 138 cm³/mol. The van der Waals surface area contributed by atoms with Crippen LogP contribution in [0.1, 0.15) is 47.4 Å². The fraction of sp³-hybridized carbons (Fsp3) is 0.464. The summed E-state index contributed by atoms with van der Waals surface area (Å²) < 4.78 is 16.7. The molecular weight excluding hydrogens is 474 g/mol. The van der Waals surface area contributed by atoms with Gasteiger partial charge in [0.05, 0.1) is 20.8 Å². The molecular formula is C28H35N3O6. The van der Waals surface area contributed by atoms with Crippen molar-refractivity contribution >= 4 is 17.7 Å². The summed E-state index contributed by atoms with van der Waals surface area (Å²) >= 11 is 0. The van der Waals surface area contributed by atoms with Crippen LogP contribution in [0.25, 0.3) is 0 Å². The highest BCUT2D eigenvalue weighted by molar-refractivity contribution is 5.99. The molecule has 0 aromatic heterocycles. The number of nitrogens with one attached hydrogen (secondary N) is 1. The lowest BCUT2D eigenvalue weighted by molar-refractivity contribution is -0.128. The molecule has 2 aromatic carbocycles. The number of nitrogens with zero attached hydrogens (tertiary/aromatic N) is 2. The van der Waals surface area contributed by atoms with Gasteiger partial charge in [0.15, 0.2) is 0 Å². The zero-order valence-corrected chi connectivity index (χ0v) is 21.9. The Kier molecular flexibility index (Phi) is 8.02. The number of likely N-dealkylation sites (tertiary alicyclic amines) is 1. The highest BCUT2D eigenvalue weighted by atomic mass is 16.5. The minimum atomic E-state index is -0.965. The van der Waals surface area contributed by atoms with Crippen molar-refractivity contribution in [2.75, 3.05) is 40.5 Å². The maximum Gasteiger partial charge on any atom is 0.256 e. The van der Waals surface area contributed by atoms with Crippen molar-refractivity contribution in [3.05, 3.63) is 59.7 Å². The summed E-state index contributed by atoms with van der Waals surface area (Å²) in [4.78, 5) is 43.4. The van der Waals surface area contributed by atoms with Gasteiger partial charge in [-0.15, -0.1) is 0 Å². The molecule has 0 saturated carbocycles. The second-order valence-corrected chi connectivity index (χ2v) is 9.84. The van der Waals surface area contributed by atoms with Crippen LogP contribution in [-0.2, 0) is 9.53 Å². The monoisotopic (exact) mass is 509 g/mol. The number of benzene rings is 2. The largest absolute Gasteiger partial charge is 0.497 e. The molecule has 9 nitrogen and oxygen atoms in total. The predicted octanol–water partition coefficient (Wildman–Crippen LogP) is 2.95. The zero-order valence-electron chi connectivity index (χ0n) is 21.9. The molecule has 0 aliphatic carbocycles. The molecule has 2 aliphatic rings. The highest BCUT2D eigenvalue weighted by Gasteiger charge is 2.54. The number of carbonyl (C=O) groups is 3. The van der Waals surface area contributed by atoms with Gasteiger partial charge in [-0.25, -0.2) is 0 Å². The molecule has 2 aromatic rings. The van der Waals surface area contributed by atoms with Crippen molar-refractivity contribution in [2.45, 2.75) is 38.5 Å². The fourth-order valence-electron chi connectivity index (χ4n) is 4.84. The summed E-state index contributed by atoms with van der Waals surface area (Å²) in [5.41, 5.74) is 0.0540. The van der Waals surface area contributed by atoms with E-state index in [1.807, 2.05) is 13.8 Å². The van der Waals surface area contributed by atoms with Crippen molar-refractivity contribution in [1.82, 2.24) is 15.1 Å². The number of piperidine rings is 1. The van der Waals surface area contributed by atoms with Crippen LogP contribution in [0.15, 0.2) is 48.5 Å². The van der Waals surface area contributed by atoms with E-state index in [-0.39, 0.29) is 30.2 Å². The van der Waals surface area contributed by atoms with Crippen LogP contribution in [0, 0.1) is 5.92 Å². The first-order valence-corrected chi connectivity index (χ1v) is 12.6. The fourth-order valence-corrected chi connectivity index (χ4v) is 4.84.